The molecule has 0 saturated heterocycles. The molecular weight excluding hydrogens is 214 g/mol. The highest BCUT2D eigenvalue weighted by Gasteiger charge is 2.28. The van der Waals surface area contributed by atoms with Gasteiger partial charge in [0.25, 0.3) is 0 Å². The molecule has 1 amide bonds. The first-order valence-electron chi connectivity index (χ1n) is 5.03. The van der Waals surface area contributed by atoms with Gasteiger partial charge in [0.1, 0.15) is 12.5 Å². The van der Waals surface area contributed by atoms with Gasteiger partial charge in [-0.15, -0.1) is 0 Å². The molecule has 0 aliphatic carbocycles. The molecule has 0 fully saturated rings. The fourth-order valence-corrected chi connectivity index (χ4v) is 1.32. The molecule has 1 atom stereocenters. The highest BCUT2D eigenvalue weighted by molar-refractivity contribution is 6.02. The van der Waals surface area contributed by atoms with E-state index in [2.05, 4.69) is 5.32 Å². The van der Waals surface area contributed by atoms with Gasteiger partial charge in [0, 0.05) is 6.54 Å². The Balaban J connectivity index is 4.29. The minimum Gasteiger partial charge on any atom is -0.481 e. The first-order valence-corrected chi connectivity index (χ1v) is 5.03. The van der Waals surface area contributed by atoms with Crippen molar-refractivity contribution in [2.24, 2.45) is 11.8 Å². The standard InChI is InChI=1S/C10H17NO5/c1-6(2)9(7(13)5-12)10(16)11-4-3-8(14)15/h6,9,12H,3-5H2,1-2H3,(H,11,16)(H,14,15). The summed E-state index contributed by atoms with van der Waals surface area (Å²) < 4.78 is 0. The third kappa shape index (κ3) is 4.88. The second-order valence-corrected chi connectivity index (χ2v) is 3.78. The molecule has 0 aromatic heterocycles. The summed E-state index contributed by atoms with van der Waals surface area (Å²) in [5.74, 6) is -3.25. The Bertz CT molecular complexity index is 274. The number of rotatable bonds is 7. The van der Waals surface area contributed by atoms with Gasteiger partial charge in [0.05, 0.1) is 6.42 Å². The van der Waals surface area contributed by atoms with Crippen LogP contribution in [0.25, 0.3) is 0 Å². The Morgan fingerprint density at radius 1 is 1.25 bits per heavy atom. The zero-order valence-electron chi connectivity index (χ0n) is 9.40. The first kappa shape index (κ1) is 14.6. The van der Waals surface area contributed by atoms with Gasteiger partial charge in [-0.05, 0) is 5.92 Å². The average Bonchev–Trinajstić information content (AvgIpc) is 2.16. The van der Waals surface area contributed by atoms with E-state index in [1.807, 2.05) is 0 Å². The Labute approximate surface area is 93.6 Å². The van der Waals surface area contributed by atoms with Crippen LogP contribution >= 0.6 is 0 Å². The topological polar surface area (TPSA) is 104 Å². The molecule has 0 aromatic carbocycles. The SMILES string of the molecule is CC(C)C(C(=O)CO)C(=O)NCCC(=O)O. The number of nitrogens with one attached hydrogen (secondary N) is 1. The lowest BCUT2D eigenvalue weighted by Crippen LogP contribution is -2.40. The number of aliphatic hydroxyl groups excluding tert-OH is 1. The van der Waals surface area contributed by atoms with E-state index in [-0.39, 0.29) is 18.9 Å². The smallest absolute Gasteiger partial charge is 0.305 e. The van der Waals surface area contributed by atoms with Crippen LogP contribution < -0.4 is 5.32 Å². The van der Waals surface area contributed by atoms with Crippen molar-refractivity contribution in [3.8, 4) is 0 Å². The van der Waals surface area contributed by atoms with E-state index in [0.29, 0.717) is 0 Å². The Morgan fingerprint density at radius 3 is 2.19 bits per heavy atom. The number of carboxylic acids is 1. The van der Waals surface area contributed by atoms with Crippen molar-refractivity contribution >= 4 is 17.7 Å². The van der Waals surface area contributed by atoms with Crippen molar-refractivity contribution in [3.63, 3.8) is 0 Å². The molecule has 92 valence electrons. The highest BCUT2D eigenvalue weighted by Crippen LogP contribution is 2.12. The predicted molar refractivity (Wildman–Crippen MR) is 55.7 cm³/mol. The van der Waals surface area contributed by atoms with E-state index < -0.39 is 30.2 Å². The molecule has 0 rings (SSSR count). The van der Waals surface area contributed by atoms with Gasteiger partial charge in [-0.1, -0.05) is 13.8 Å². The van der Waals surface area contributed by atoms with Crippen LogP contribution in [0.2, 0.25) is 0 Å². The summed E-state index contributed by atoms with van der Waals surface area (Å²) in [6.07, 6.45) is -0.191. The van der Waals surface area contributed by atoms with Crippen LogP contribution in [-0.4, -0.2) is 41.0 Å². The summed E-state index contributed by atoms with van der Waals surface area (Å²) in [6, 6.07) is 0. The van der Waals surface area contributed by atoms with Crippen molar-refractivity contribution in [3.05, 3.63) is 0 Å². The molecule has 0 aliphatic rings. The van der Waals surface area contributed by atoms with E-state index in [9.17, 15) is 14.4 Å². The number of carbonyl (C=O) groups is 3. The molecular formula is C10H17NO5. The van der Waals surface area contributed by atoms with Gasteiger partial charge < -0.3 is 15.5 Å². The van der Waals surface area contributed by atoms with E-state index >= 15 is 0 Å². The zero-order valence-corrected chi connectivity index (χ0v) is 9.40. The molecule has 0 heterocycles. The number of ketones is 1. The summed E-state index contributed by atoms with van der Waals surface area (Å²) in [5.41, 5.74) is 0. The van der Waals surface area contributed by atoms with Crippen LogP contribution in [0.1, 0.15) is 20.3 Å². The molecule has 0 spiro atoms. The fourth-order valence-electron chi connectivity index (χ4n) is 1.32. The van der Waals surface area contributed by atoms with Gasteiger partial charge >= 0.3 is 5.97 Å². The van der Waals surface area contributed by atoms with Gasteiger partial charge in [-0.25, -0.2) is 0 Å². The van der Waals surface area contributed by atoms with E-state index in [4.69, 9.17) is 10.2 Å². The molecule has 6 nitrogen and oxygen atoms in total. The molecule has 0 radical (unpaired) electrons. The van der Waals surface area contributed by atoms with Crippen LogP contribution in [0, 0.1) is 11.8 Å². The molecule has 0 bridgehead atoms. The maximum atomic E-state index is 11.5. The third-order valence-corrected chi connectivity index (χ3v) is 2.09. The second kappa shape index (κ2) is 6.95. The summed E-state index contributed by atoms with van der Waals surface area (Å²) in [5, 5.41) is 19.4. The molecule has 6 heteroatoms. The maximum absolute atomic E-state index is 11.5. The molecule has 1 unspecified atom stereocenters. The number of hydrogen-bond acceptors (Lipinski definition) is 4. The lowest BCUT2D eigenvalue weighted by atomic mass is 9.91. The average molecular weight is 231 g/mol. The highest BCUT2D eigenvalue weighted by atomic mass is 16.4. The molecule has 0 aromatic rings. The van der Waals surface area contributed by atoms with Gasteiger partial charge in [0.15, 0.2) is 5.78 Å². The lowest BCUT2D eigenvalue weighted by molar-refractivity contribution is -0.137. The van der Waals surface area contributed by atoms with Gasteiger partial charge in [0.2, 0.25) is 5.91 Å². The number of hydrogen-bond donors (Lipinski definition) is 3. The molecule has 0 saturated carbocycles. The summed E-state index contributed by atoms with van der Waals surface area (Å²) in [7, 11) is 0. The monoisotopic (exact) mass is 231 g/mol. The number of carbonyl (C=O) groups excluding carboxylic acids is 2. The number of aliphatic carboxylic acids is 1. The Kier molecular flexibility index (Phi) is 6.32. The van der Waals surface area contributed by atoms with E-state index in [1.54, 1.807) is 13.8 Å². The minimum absolute atomic E-state index is 0.0178. The van der Waals surface area contributed by atoms with E-state index in [0.717, 1.165) is 0 Å². The largest absolute Gasteiger partial charge is 0.481 e. The third-order valence-electron chi connectivity index (χ3n) is 2.09. The summed E-state index contributed by atoms with van der Waals surface area (Å²) in [4.78, 5) is 33.0. The van der Waals surface area contributed by atoms with Crippen LogP contribution in [0.15, 0.2) is 0 Å². The second-order valence-electron chi connectivity index (χ2n) is 3.78. The molecule has 3 N–H and O–H groups in total. The van der Waals surface area contributed by atoms with Crippen LogP contribution in [-0.2, 0) is 14.4 Å². The van der Waals surface area contributed by atoms with Crippen molar-refractivity contribution in [2.45, 2.75) is 20.3 Å². The first-order chi connectivity index (χ1) is 7.40. The van der Waals surface area contributed by atoms with Gasteiger partial charge in [-0.2, -0.15) is 0 Å². The van der Waals surface area contributed by atoms with Crippen molar-refractivity contribution in [1.29, 1.82) is 0 Å². The summed E-state index contributed by atoms with van der Waals surface area (Å²) in [6.45, 7) is 2.68. The summed E-state index contributed by atoms with van der Waals surface area (Å²) >= 11 is 0. The van der Waals surface area contributed by atoms with Crippen molar-refractivity contribution < 1.29 is 24.6 Å². The predicted octanol–water partition coefficient (Wildman–Crippen LogP) is -0.589. The van der Waals surface area contributed by atoms with Crippen LogP contribution in [0.5, 0.6) is 0 Å². The maximum Gasteiger partial charge on any atom is 0.305 e. The Morgan fingerprint density at radius 2 is 1.81 bits per heavy atom. The van der Waals surface area contributed by atoms with E-state index in [1.165, 1.54) is 0 Å². The molecule has 16 heavy (non-hydrogen) atoms. The van der Waals surface area contributed by atoms with Crippen molar-refractivity contribution in [2.75, 3.05) is 13.2 Å². The number of aliphatic hydroxyl groups is 1. The van der Waals surface area contributed by atoms with Gasteiger partial charge in [-0.3, -0.25) is 14.4 Å². The normalized spacial score (nSPS) is 12.2. The lowest BCUT2D eigenvalue weighted by Gasteiger charge is -2.17. The van der Waals surface area contributed by atoms with Crippen molar-refractivity contribution in [1.82, 2.24) is 5.32 Å². The quantitative estimate of drug-likeness (QED) is 0.508. The number of Topliss-reactive ketones (excluding diaryl/α,β-unsaturated/α-hetero) is 1. The van der Waals surface area contributed by atoms with Crippen LogP contribution in [0.3, 0.4) is 0 Å². The fraction of sp³-hybridized carbons (Fsp3) is 0.700. The molecule has 0 aliphatic heterocycles. The zero-order chi connectivity index (χ0) is 12.7. The Hall–Kier alpha value is -1.43. The minimum atomic E-state index is -1.02. The number of amides is 1. The van der Waals surface area contributed by atoms with Crippen LogP contribution in [0.4, 0.5) is 0 Å². The number of carboxylic acid groups (broad SMARTS) is 1.